The molecule has 30 heavy (non-hydrogen) atoms. The lowest BCUT2D eigenvalue weighted by molar-refractivity contribution is 0.102. The molecule has 0 bridgehead atoms. The van der Waals surface area contributed by atoms with E-state index in [1.165, 1.54) is 11.9 Å². The Labute approximate surface area is 175 Å². The Bertz CT molecular complexity index is 1140. The predicted molar refractivity (Wildman–Crippen MR) is 115 cm³/mol. The molecule has 3 aromatic carbocycles. The fraction of sp³-hybridized carbons (Fsp3) is 0.125. The van der Waals surface area contributed by atoms with E-state index in [0.29, 0.717) is 24.5 Å². The highest BCUT2D eigenvalue weighted by Crippen LogP contribution is 2.18. The van der Waals surface area contributed by atoms with Crippen LogP contribution in [-0.2, 0) is 13.2 Å². The number of hydrogen-bond donors (Lipinski definition) is 1. The van der Waals surface area contributed by atoms with Crippen molar-refractivity contribution in [3.05, 3.63) is 108 Å². The molecule has 0 saturated carbocycles. The first-order valence-electron chi connectivity index (χ1n) is 9.67. The van der Waals surface area contributed by atoms with Crippen molar-refractivity contribution in [1.82, 2.24) is 14.8 Å². The van der Waals surface area contributed by atoms with Crippen LogP contribution in [0.4, 0.5) is 5.69 Å². The fourth-order valence-corrected chi connectivity index (χ4v) is 3.15. The van der Waals surface area contributed by atoms with Crippen LogP contribution in [0.3, 0.4) is 0 Å². The summed E-state index contributed by atoms with van der Waals surface area (Å²) in [6.07, 6.45) is 3.16. The number of anilines is 1. The van der Waals surface area contributed by atoms with Gasteiger partial charge >= 0.3 is 0 Å². The number of rotatable bonds is 7. The van der Waals surface area contributed by atoms with Crippen molar-refractivity contribution in [3.8, 4) is 5.75 Å². The summed E-state index contributed by atoms with van der Waals surface area (Å²) in [5.41, 5.74) is 4.57. The Morgan fingerprint density at radius 1 is 1.00 bits per heavy atom. The molecule has 1 N–H and O–H groups in total. The molecule has 0 radical (unpaired) electrons. The van der Waals surface area contributed by atoms with Crippen LogP contribution in [-0.4, -0.2) is 20.7 Å². The molecule has 1 aromatic heterocycles. The maximum absolute atomic E-state index is 12.7. The molecule has 1 heterocycles. The number of benzene rings is 3. The lowest BCUT2D eigenvalue weighted by Crippen LogP contribution is -2.12. The van der Waals surface area contributed by atoms with Gasteiger partial charge in [-0.25, -0.2) is 9.67 Å². The molecular formula is C24H22N4O2. The number of hydrogen-bond acceptors (Lipinski definition) is 4. The molecule has 0 aliphatic rings. The highest BCUT2D eigenvalue weighted by atomic mass is 16.5. The zero-order chi connectivity index (χ0) is 20.8. The number of nitrogens with zero attached hydrogens (tertiary/aromatic N) is 3. The van der Waals surface area contributed by atoms with Crippen molar-refractivity contribution in [2.75, 3.05) is 5.32 Å². The van der Waals surface area contributed by atoms with Gasteiger partial charge in [-0.1, -0.05) is 48.0 Å². The maximum atomic E-state index is 12.7. The molecule has 0 aliphatic heterocycles. The van der Waals surface area contributed by atoms with Crippen molar-refractivity contribution in [2.24, 2.45) is 0 Å². The first-order valence-corrected chi connectivity index (χ1v) is 9.67. The SMILES string of the molecule is Cc1cccc(COc2cccc(C(=O)Nc3cccc(Cn4cncn4)c3)c2)c1. The van der Waals surface area contributed by atoms with Crippen molar-refractivity contribution in [3.63, 3.8) is 0 Å². The third-order valence-corrected chi connectivity index (χ3v) is 4.58. The summed E-state index contributed by atoms with van der Waals surface area (Å²) in [5, 5.41) is 7.05. The van der Waals surface area contributed by atoms with E-state index < -0.39 is 0 Å². The summed E-state index contributed by atoms with van der Waals surface area (Å²) in [7, 11) is 0. The molecule has 0 saturated heterocycles. The molecule has 4 rings (SSSR count). The Morgan fingerprint density at radius 2 is 1.83 bits per heavy atom. The van der Waals surface area contributed by atoms with Gasteiger partial charge in [0.2, 0.25) is 0 Å². The summed E-state index contributed by atoms with van der Waals surface area (Å²) < 4.78 is 7.60. The summed E-state index contributed by atoms with van der Waals surface area (Å²) in [5.74, 6) is 0.470. The van der Waals surface area contributed by atoms with Crippen LogP contribution in [0.25, 0.3) is 0 Å². The van der Waals surface area contributed by atoms with Gasteiger partial charge in [-0.2, -0.15) is 5.10 Å². The van der Waals surface area contributed by atoms with Gasteiger partial charge in [0.1, 0.15) is 25.0 Å². The Morgan fingerprint density at radius 3 is 2.67 bits per heavy atom. The summed E-state index contributed by atoms with van der Waals surface area (Å²) in [4.78, 5) is 16.7. The normalized spacial score (nSPS) is 10.6. The Balaban J connectivity index is 1.40. The van der Waals surface area contributed by atoms with Crippen molar-refractivity contribution < 1.29 is 9.53 Å². The van der Waals surface area contributed by atoms with Gasteiger partial charge in [0.05, 0.1) is 6.54 Å². The van der Waals surface area contributed by atoms with E-state index in [0.717, 1.165) is 16.8 Å². The average Bonchev–Trinajstić information content (AvgIpc) is 3.26. The average molecular weight is 398 g/mol. The van der Waals surface area contributed by atoms with Gasteiger partial charge in [0, 0.05) is 11.3 Å². The largest absolute Gasteiger partial charge is 0.489 e. The van der Waals surface area contributed by atoms with Gasteiger partial charge in [0.15, 0.2) is 0 Å². The van der Waals surface area contributed by atoms with E-state index in [-0.39, 0.29) is 5.91 Å². The molecule has 0 fully saturated rings. The minimum atomic E-state index is -0.186. The van der Waals surface area contributed by atoms with Gasteiger partial charge in [-0.15, -0.1) is 0 Å². The summed E-state index contributed by atoms with van der Waals surface area (Å²) in [6, 6.07) is 23.0. The summed E-state index contributed by atoms with van der Waals surface area (Å²) in [6.45, 7) is 3.10. The highest BCUT2D eigenvalue weighted by Gasteiger charge is 2.08. The van der Waals surface area contributed by atoms with E-state index in [1.807, 2.05) is 48.5 Å². The lowest BCUT2D eigenvalue weighted by Gasteiger charge is -2.10. The van der Waals surface area contributed by atoms with E-state index in [1.54, 1.807) is 23.1 Å². The number of aryl methyl sites for hydroxylation is 1. The first-order chi connectivity index (χ1) is 14.7. The predicted octanol–water partition coefficient (Wildman–Crippen LogP) is 4.47. The topological polar surface area (TPSA) is 69.0 Å². The number of amides is 1. The quantitative estimate of drug-likeness (QED) is 0.499. The van der Waals surface area contributed by atoms with Crippen LogP contribution >= 0.6 is 0 Å². The van der Waals surface area contributed by atoms with Crippen LogP contribution < -0.4 is 10.1 Å². The van der Waals surface area contributed by atoms with Crippen molar-refractivity contribution >= 4 is 11.6 Å². The van der Waals surface area contributed by atoms with E-state index in [4.69, 9.17) is 4.74 Å². The van der Waals surface area contributed by atoms with Crippen LogP contribution in [0.5, 0.6) is 5.75 Å². The number of carbonyl (C=O) groups excluding carboxylic acids is 1. The number of ether oxygens (including phenoxy) is 1. The van der Waals surface area contributed by atoms with E-state index >= 15 is 0 Å². The van der Waals surface area contributed by atoms with Gasteiger partial charge in [0.25, 0.3) is 5.91 Å². The molecule has 6 heteroatoms. The molecule has 6 nitrogen and oxygen atoms in total. The zero-order valence-corrected chi connectivity index (χ0v) is 16.7. The lowest BCUT2D eigenvalue weighted by atomic mass is 10.1. The van der Waals surface area contributed by atoms with Gasteiger partial charge in [-0.3, -0.25) is 4.79 Å². The second-order valence-corrected chi connectivity index (χ2v) is 7.05. The molecular weight excluding hydrogens is 376 g/mol. The Kier molecular flexibility index (Phi) is 5.85. The highest BCUT2D eigenvalue weighted by molar-refractivity contribution is 6.04. The molecule has 0 unspecified atom stereocenters. The first kappa shape index (κ1) is 19.4. The van der Waals surface area contributed by atoms with Gasteiger partial charge in [-0.05, 0) is 48.4 Å². The fourth-order valence-electron chi connectivity index (χ4n) is 3.15. The van der Waals surface area contributed by atoms with E-state index in [2.05, 4.69) is 34.5 Å². The molecule has 0 atom stereocenters. The van der Waals surface area contributed by atoms with Crippen molar-refractivity contribution in [2.45, 2.75) is 20.1 Å². The smallest absolute Gasteiger partial charge is 0.255 e. The van der Waals surface area contributed by atoms with Gasteiger partial charge < -0.3 is 10.1 Å². The van der Waals surface area contributed by atoms with Crippen LogP contribution in [0.2, 0.25) is 0 Å². The molecule has 4 aromatic rings. The monoisotopic (exact) mass is 398 g/mol. The standard InChI is InChI=1S/C24H22N4O2/c1-18-5-2-7-20(11-18)15-30-23-10-4-8-21(13-23)24(29)27-22-9-3-6-19(12-22)14-28-17-25-16-26-28/h2-13,16-17H,14-15H2,1H3,(H,27,29). The minimum absolute atomic E-state index is 0.186. The Hall–Kier alpha value is -3.93. The second kappa shape index (κ2) is 9.05. The second-order valence-electron chi connectivity index (χ2n) is 7.05. The maximum Gasteiger partial charge on any atom is 0.255 e. The zero-order valence-electron chi connectivity index (χ0n) is 16.7. The minimum Gasteiger partial charge on any atom is -0.489 e. The molecule has 1 amide bonds. The van der Waals surface area contributed by atoms with Crippen LogP contribution in [0, 0.1) is 6.92 Å². The third-order valence-electron chi connectivity index (χ3n) is 4.58. The molecule has 150 valence electrons. The molecule has 0 spiro atoms. The number of carbonyl (C=O) groups is 1. The van der Waals surface area contributed by atoms with Crippen LogP contribution in [0.15, 0.2) is 85.5 Å². The van der Waals surface area contributed by atoms with Crippen LogP contribution in [0.1, 0.15) is 27.0 Å². The number of nitrogens with one attached hydrogen (secondary N) is 1. The van der Waals surface area contributed by atoms with E-state index in [9.17, 15) is 4.79 Å². The summed E-state index contributed by atoms with van der Waals surface area (Å²) >= 11 is 0. The number of aromatic nitrogens is 3. The molecule has 0 aliphatic carbocycles. The third kappa shape index (κ3) is 5.11. The van der Waals surface area contributed by atoms with Crippen molar-refractivity contribution in [1.29, 1.82) is 0 Å².